The SMILES string of the molecule is CCOc1ccc(-c2ccc(=O)n(CC(=O)Nc3ccccc3OC(F)(F)F)n2)cc1. The molecule has 162 valence electrons. The summed E-state index contributed by atoms with van der Waals surface area (Å²) in [6, 6.07) is 14.9. The number of alkyl halides is 3. The van der Waals surface area contributed by atoms with Gasteiger partial charge in [0, 0.05) is 11.6 Å². The Kier molecular flexibility index (Phi) is 6.58. The molecular weight excluding hydrogens is 415 g/mol. The van der Waals surface area contributed by atoms with Gasteiger partial charge < -0.3 is 14.8 Å². The second-order valence-electron chi connectivity index (χ2n) is 6.26. The molecule has 0 radical (unpaired) electrons. The highest BCUT2D eigenvalue weighted by Gasteiger charge is 2.32. The number of carbonyl (C=O) groups excluding carboxylic acids is 1. The average molecular weight is 433 g/mol. The number of aromatic nitrogens is 2. The number of halogens is 3. The summed E-state index contributed by atoms with van der Waals surface area (Å²) >= 11 is 0. The van der Waals surface area contributed by atoms with Crippen LogP contribution in [0, 0.1) is 0 Å². The molecule has 3 rings (SSSR count). The lowest BCUT2D eigenvalue weighted by Crippen LogP contribution is -2.29. The number of hydrogen-bond acceptors (Lipinski definition) is 5. The summed E-state index contributed by atoms with van der Waals surface area (Å²) in [6.45, 7) is 1.89. The van der Waals surface area contributed by atoms with E-state index in [0.29, 0.717) is 23.6 Å². The third-order valence-corrected chi connectivity index (χ3v) is 4.01. The molecule has 0 unspecified atom stereocenters. The fourth-order valence-corrected chi connectivity index (χ4v) is 2.71. The topological polar surface area (TPSA) is 82.5 Å². The number of amides is 1. The first-order valence-corrected chi connectivity index (χ1v) is 9.21. The fraction of sp³-hybridized carbons (Fsp3) is 0.190. The minimum atomic E-state index is -4.91. The van der Waals surface area contributed by atoms with Crippen LogP contribution in [0.5, 0.6) is 11.5 Å². The largest absolute Gasteiger partial charge is 0.573 e. The van der Waals surface area contributed by atoms with Crippen molar-refractivity contribution < 1.29 is 27.4 Å². The Labute approximate surface area is 175 Å². The van der Waals surface area contributed by atoms with Crippen LogP contribution >= 0.6 is 0 Å². The first-order chi connectivity index (χ1) is 14.7. The molecule has 3 aromatic rings. The van der Waals surface area contributed by atoms with Crippen LogP contribution in [-0.4, -0.2) is 28.7 Å². The van der Waals surface area contributed by atoms with Gasteiger partial charge in [-0.15, -0.1) is 13.2 Å². The number of rotatable bonds is 7. The van der Waals surface area contributed by atoms with Crippen LogP contribution in [0.2, 0.25) is 0 Å². The first kappa shape index (κ1) is 21.9. The fourth-order valence-electron chi connectivity index (χ4n) is 2.71. The molecule has 1 heterocycles. The number of benzene rings is 2. The number of hydrogen-bond donors (Lipinski definition) is 1. The molecular formula is C21H18F3N3O4. The highest BCUT2D eigenvalue weighted by atomic mass is 19.4. The van der Waals surface area contributed by atoms with Crippen LogP contribution in [0.4, 0.5) is 18.9 Å². The molecule has 0 fully saturated rings. The van der Waals surface area contributed by atoms with Gasteiger partial charge in [-0.25, -0.2) is 4.68 Å². The number of para-hydroxylation sites is 2. The Hall–Kier alpha value is -3.82. The van der Waals surface area contributed by atoms with E-state index in [1.807, 2.05) is 6.92 Å². The molecule has 1 N–H and O–H groups in total. The van der Waals surface area contributed by atoms with Gasteiger partial charge in [0.1, 0.15) is 12.3 Å². The Balaban J connectivity index is 1.77. The predicted octanol–water partition coefficient (Wildman–Crippen LogP) is 3.85. The molecule has 0 saturated carbocycles. The smallest absolute Gasteiger partial charge is 0.494 e. The maximum absolute atomic E-state index is 12.5. The van der Waals surface area contributed by atoms with E-state index < -0.39 is 30.1 Å². The van der Waals surface area contributed by atoms with Crippen molar-refractivity contribution in [2.75, 3.05) is 11.9 Å². The number of nitrogens with one attached hydrogen (secondary N) is 1. The van der Waals surface area contributed by atoms with Gasteiger partial charge in [-0.2, -0.15) is 5.10 Å². The zero-order valence-corrected chi connectivity index (χ0v) is 16.3. The molecule has 7 nitrogen and oxygen atoms in total. The van der Waals surface area contributed by atoms with Gasteiger partial charge in [-0.05, 0) is 49.4 Å². The second-order valence-corrected chi connectivity index (χ2v) is 6.26. The van der Waals surface area contributed by atoms with Crippen LogP contribution in [-0.2, 0) is 11.3 Å². The molecule has 2 aromatic carbocycles. The molecule has 0 bridgehead atoms. The van der Waals surface area contributed by atoms with Gasteiger partial charge in [-0.1, -0.05) is 12.1 Å². The van der Waals surface area contributed by atoms with E-state index in [0.717, 1.165) is 10.7 Å². The van der Waals surface area contributed by atoms with Gasteiger partial charge in [0.05, 0.1) is 18.0 Å². The summed E-state index contributed by atoms with van der Waals surface area (Å²) in [5, 5.41) is 6.48. The zero-order valence-electron chi connectivity index (χ0n) is 16.3. The van der Waals surface area contributed by atoms with Crippen molar-refractivity contribution in [2.24, 2.45) is 0 Å². The van der Waals surface area contributed by atoms with E-state index >= 15 is 0 Å². The van der Waals surface area contributed by atoms with Crippen molar-refractivity contribution in [3.8, 4) is 22.8 Å². The first-order valence-electron chi connectivity index (χ1n) is 9.21. The zero-order chi connectivity index (χ0) is 22.4. The maximum Gasteiger partial charge on any atom is 0.573 e. The minimum absolute atomic E-state index is 0.180. The molecule has 0 saturated heterocycles. The Morgan fingerprint density at radius 3 is 2.45 bits per heavy atom. The molecule has 0 aliphatic carbocycles. The van der Waals surface area contributed by atoms with Crippen LogP contribution in [0.15, 0.2) is 65.5 Å². The normalized spacial score (nSPS) is 11.1. The van der Waals surface area contributed by atoms with E-state index in [1.54, 1.807) is 24.3 Å². The van der Waals surface area contributed by atoms with Gasteiger partial charge >= 0.3 is 6.36 Å². The lowest BCUT2D eigenvalue weighted by Gasteiger charge is -2.14. The number of carbonyl (C=O) groups is 1. The van der Waals surface area contributed by atoms with Crippen molar-refractivity contribution in [3.05, 3.63) is 71.0 Å². The van der Waals surface area contributed by atoms with Crippen molar-refractivity contribution in [2.45, 2.75) is 19.8 Å². The van der Waals surface area contributed by atoms with Crippen molar-refractivity contribution in [1.82, 2.24) is 9.78 Å². The lowest BCUT2D eigenvalue weighted by atomic mass is 10.1. The van der Waals surface area contributed by atoms with Crippen molar-refractivity contribution in [3.63, 3.8) is 0 Å². The van der Waals surface area contributed by atoms with Crippen molar-refractivity contribution >= 4 is 11.6 Å². The molecule has 31 heavy (non-hydrogen) atoms. The molecule has 1 aromatic heterocycles. The van der Waals surface area contributed by atoms with E-state index in [2.05, 4.69) is 15.2 Å². The molecule has 0 aliphatic heterocycles. The summed E-state index contributed by atoms with van der Waals surface area (Å²) < 4.78 is 47.8. The van der Waals surface area contributed by atoms with Gasteiger partial charge in [-0.3, -0.25) is 9.59 Å². The Morgan fingerprint density at radius 1 is 1.06 bits per heavy atom. The minimum Gasteiger partial charge on any atom is -0.494 e. The standard InChI is InChI=1S/C21H18F3N3O4/c1-2-30-15-9-7-14(8-10-15)16-11-12-20(29)27(26-16)13-19(28)25-17-5-3-4-6-18(17)31-21(22,23)24/h3-12H,2,13H2,1H3,(H,25,28). The molecule has 0 atom stereocenters. The van der Waals surface area contributed by atoms with E-state index in [-0.39, 0.29) is 5.69 Å². The van der Waals surface area contributed by atoms with E-state index in [9.17, 15) is 22.8 Å². The maximum atomic E-state index is 12.5. The highest BCUT2D eigenvalue weighted by molar-refractivity contribution is 5.92. The van der Waals surface area contributed by atoms with Gasteiger partial charge in [0.25, 0.3) is 5.56 Å². The van der Waals surface area contributed by atoms with Gasteiger partial charge in [0.15, 0.2) is 5.75 Å². The average Bonchev–Trinajstić information content (AvgIpc) is 2.71. The van der Waals surface area contributed by atoms with E-state index in [4.69, 9.17) is 4.74 Å². The quantitative estimate of drug-likeness (QED) is 0.612. The molecule has 1 amide bonds. The monoisotopic (exact) mass is 433 g/mol. The lowest BCUT2D eigenvalue weighted by molar-refractivity contribution is -0.274. The Bertz CT molecular complexity index is 1110. The highest BCUT2D eigenvalue weighted by Crippen LogP contribution is 2.29. The summed E-state index contributed by atoms with van der Waals surface area (Å²) in [5.74, 6) is -0.623. The third kappa shape index (κ3) is 6.08. The van der Waals surface area contributed by atoms with Crippen LogP contribution in [0.3, 0.4) is 0 Å². The summed E-state index contributed by atoms with van der Waals surface area (Å²) in [5.41, 5.74) is 0.419. The number of anilines is 1. The number of nitrogens with zero attached hydrogens (tertiary/aromatic N) is 2. The molecule has 0 aliphatic rings. The molecule has 10 heteroatoms. The summed E-state index contributed by atoms with van der Waals surface area (Å²) in [4.78, 5) is 24.5. The summed E-state index contributed by atoms with van der Waals surface area (Å²) in [6.07, 6.45) is -4.91. The van der Waals surface area contributed by atoms with Crippen LogP contribution in [0.25, 0.3) is 11.3 Å². The summed E-state index contributed by atoms with van der Waals surface area (Å²) in [7, 11) is 0. The Morgan fingerprint density at radius 2 is 1.77 bits per heavy atom. The molecule has 0 spiro atoms. The van der Waals surface area contributed by atoms with Gasteiger partial charge in [0.2, 0.25) is 5.91 Å². The van der Waals surface area contributed by atoms with Crippen LogP contribution < -0.4 is 20.3 Å². The van der Waals surface area contributed by atoms with Crippen molar-refractivity contribution in [1.29, 1.82) is 0 Å². The van der Waals surface area contributed by atoms with E-state index in [1.165, 1.54) is 30.3 Å². The van der Waals surface area contributed by atoms with Crippen LogP contribution in [0.1, 0.15) is 6.92 Å². The second kappa shape index (κ2) is 9.33. The number of ether oxygens (including phenoxy) is 2. The predicted molar refractivity (Wildman–Crippen MR) is 107 cm³/mol. The third-order valence-electron chi connectivity index (χ3n) is 4.01.